The molecule has 1 aromatic carbocycles. The van der Waals surface area contributed by atoms with Crippen LogP contribution in [-0.2, 0) is 0 Å². The lowest BCUT2D eigenvalue weighted by atomic mass is 9.99. The van der Waals surface area contributed by atoms with E-state index in [1.807, 2.05) is 22.6 Å². The highest BCUT2D eigenvalue weighted by molar-refractivity contribution is 14.1. The summed E-state index contributed by atoms with van der Waals surface area (Å²) in [4.78, 5) is 12.1. The Morgan fingerprint density at radius 2 is 2.11 bits per heavy atom. The van der Waals surface area contributed by atoms with Gasteiger partial charge in [-0.1, -0.05) is 12.8 Å². The van der Waals surface area contributed by atoms with Gasteiger partial charge in [-0.2, -0.15) is 0 Å². The summed E-state index contributed by atoms with van der Waals surface area (Å²) in [5, 5.41) is 12.6. The summed E-state index contributed by atoms with van der Waals surface area (Å²) in [7, 11) is 0. The van der Waals surface area contributed by atoms with Gasteiger partial charge in [-0.25, -0.2) is 0 Å². The lowest BCUT2D eigenvalue weighted by Crippen LogP contribution is -2.47. The number of amides is 1. The van der Waals surface area contributed by atoms with Gasteiger partial charge in [0.25, 0.3) is 5.91 Å². The molecule has 0 spiro atoms. The fraction of sp³-hybridized carbons (Fsp3) is 0.462. The van der Waals surface area contributed by atoms with Crippen LogP contribution < -0.4 is 5.32 Å². The van der Waals surface area contributed by atoms with Crippen molar-refractivity contribution in [3.8, 4) is 5.75 Å². The number of alkyl halides is 1. The van der Waals surface area contributed by atoms with Crippen LogP contribution in [0, 0.1) is 3.57 Å². The third-order valence-corrected chi connectivity index (χ3v) is 4.83. The zero-order chi connectivity index (χ0) is 13.2. The van der Waals surface area contributed by atoms with Gasteiger partial charge in [-0.05, 0) is 53.6 Å². The van der Waals surface area contributed by atoms with E-state index in [1.54, 1.807) is 12.1 Å². The van der Waals surface area contributed by atoms with Gasteiger partial charge in [0.15, 0.2) is 0 Å². The fourth-order valence-electron chi connectivity index (χ4n) is 2.31. The third kappa shape index (κ3) is 2.91. The van der Waals surface area contributed by atoms with E-state index < -0.39 is 0 Å². The van der Waals surface area contributed by atoms with E-state index in [-0.39, 0.29) is 17.2 Å². The SMILES string of the molecule is O=C(NC1(CCl)CCCC1)c1ccc(I)c(O)c1. The van der Waals surface area contributed by atoms with Crippen molar-refractivity contribution in [3.05, 3.63) is 27.3 Å². The van der Waals surface area contributed by atoms with E-state index in [2.05, 4.69) is 5.32 Å². The Morgan fingerprint density at radius 1 is 1.44 bits per heavy atom. The molecule has 0 heterocycles. The van der Waals surface area contributed by atoms with Gasteiger partial charge in [0.2, 0.25) is 0 Å². The molecule has 1 saturated carbocycles. The molecule has 0 aromatic heterocycles. The summed E-state index contributed by atoms with van der Waals surface area (Å²) in [6, 6.07) is 4.94. The summed E-state index contributed by atoms with van der Waals surface area (Å²) >= 11 is 8.01. The van der Waals surface area contributed by atoms with Gasteiger partial charge in [0, 0.05) is 11.4 Å². The normalized spacial score (nSPS) is 17.7. The highest BCUT2D eigenvalue weighted by Gasteiger charge is 2.34. The van der Waals surface area contributed by atoms with Gasteiger partial charge < -0.3 is 10.4 Å². The zero-order valence-corrected chi connectivity index (χ0v) is 12.8. The summed E-state index contributed by atoms with van der Waals surface area (Å²) in [6.45, 7) is 0. The van der Waals surface area contributed by atoms with Crippen LogP contribution in [0.25, 0.3) is 0 Å². The number of phenolic OH excluding ortho intramolecular Hbond substituents is 1. The molecule has 0 bridgehead atoms. The second-order valence-corrected chi connectivity index (χ2v) is 6.17. The van der Waals surface area contributed by atoms with Crippen molar-refractivity contribution in [2.75, 3.05) is 5.88 Å². The Hall–Kier alpha value is -0.490. The van der Waals surface area contributed by atoms with E-state index in [1.165, 1.54) is 6.07 Å². The molecule has 18 heavy (non-hydrogen) atoms. The summed E-state index contributed by atoms with van der Waals surface area (Å²) < 4.78 is 0.733. The molecule has 1 amide bonds. The Bertz CT molecular complexity index is 458. The van der Waals surface area contributed by atoms with E-state index in [0.29, 0.717) is 11.4 Å². The average Bonchev–Trinajstić information content (AvgIpc) is 2.82. The predicted molar refractivity (Wildman–Crippen MR) is 80.2 cm³/mol. The van der Waals surface area contributed by atoms with Gasteiger partial charge in [0.1, 0.15) is 5.75 Å². The van der Waals surface area contributed by atoms with Gasteiger partial charge in [-0.3, -0.25) is 4.79 Å². The topological polar surface area (TPSA) is 49.3 Å². The van der Waals surface area contributed by atoms with E-state index in [4.69, 9.17) is 11.6 Å². The average molecular weight is 380 g/mol. The first-order valence-corrected chi connectivity index (χ1v) is 7.55. The van der Waals surface area contributed by atoms with Crippen molar-refractivity contribution >= 4 is 40.1 Å². The van der Waals surface area contributed by atoms with Crippen molar-refractivity contribution in [3.63, 3.8) is 0 Å². The molecule has 1 aliphatic rings. The Kier molecular flexibility index (Phi) is 4.37. The molecule has 0 aliphatic heterocycles. The van der Waals surface area contributed by atoms with Crippen LogP contribution in [-0.4, -0.2) is 22.4 Å². The number of carbonyl (C=O) groups is 1. The minimum atomic E-state index is -0.267. The number of carbonyl (C=O) groups excluding carboxylic acids is 1. The molecule has 2 rings (SSSR count). The van der Waals surface area contributed by atoms with Crippen LogP contribution in [0.2, 0.25) is 0 Å². The maximum absolute atomic E-state index is 12.1. The Balaban J connectivity index is 2.13. The van der Waals surface area contributed by atoms with Gasteiger partial charge in [0.05, 0.1) is 9.11 Å². The maximum atomic E-state index is 12.1. The molecule has 0 saturated heterocycles. The smallest absolute Gasteiger partial charge is 0.251 e. The summed E-state index contributed by atoms with van der Waals surface area (Å²) in [6.07, 6.45) is 4.06. The number of phenols is 1. The standard InChI is InChI=1S/C13H15ClINO2/c14-8-13(5-1-2-6-13)16-12(18)9-3-4-10(15)11(17)7-9/h3-4,7,17H,1-2,5-6,8H2,(H,16,18). The predicted octanol–water partition coefficient (Wildman–Crippen LogP) is 3.28. The van der Waals surface area contributed by atoms with Crippen molar-refractivity contribution < 1.29 is 9.90 Å². The molecule has 5 heteroatoms. The third-order valence-electron chi connectivity index (χ3n) is 3.40. The number of nitrogens with one attached hydrogen (secondary N) is 1. The van der Waals surface area contributed by atoms with Crippen LogP contribution in [0.3, 0.4) is 0 Å². The molecule has 3 nitrogen and oxygen atoms in total. The molecule has 0 atom stereocenters. The fourth-order valence-corrected chi connectivity index (χ4v) is 2.98. The largest absolute Gasteiger partial charge is 0.507 e. The Morgan fingerprint density at radius 3 is 2.67 bits per heavy atom. The first-order valence-electron chi connectivity index (χ1n) is 5.93. The monoisotopic (exact) mass is 379 g/mol. The second kappa shape index (κ2) is 5.65. The molecular formula is C13H15ClINO2. The van der Waals surface area contributed by atoms with Crippen molar-refractivity contribution in [1.29, 1.82) is 0 Å². The lowest BCUT2D eigenvalue weighted by Gasteiger charge is -2.27. The first-order chi connectivity index (χ1) is 8.56. The molecule has 1 aromatic rings. The van der Waals surface area contributed by atoms with Crippen LogP contribution >= 0.6 is 34.2 Å². The second-order valence-electron chi connectivity index (χ2n) is 4.74. The van der Waals surface area contributed by atoms with Gasteiger partial charge in [-0.15, -0.1) is 11.6 Å². The molecule has 0 unspecified atom stereocenters. The Labute approximate surface area is 125 Å². The van der Waals surface area contributed by atoms with Crippen LogP contribution in [0.15, 0.2) is 18.2 Å². The number of hydrogen-bond acceptors (Lipinski definition) is 2. The van der Waals surface area contributed by atoms with Crippen molar-refractivity contribution in [2.24, 2.45) is 0 Å². The van der Waals surface area contributed by atoms with Gasteiger partial charge >= 0.3 is 0 Å². The summed E-state index contributed by atoms with van der Waals surface area (Å²) in [5.74, 6) is 0.411. The molecule has 2 N–H and O–H groups in total. The maximum Gasteiger partial charge on any atom is 0.251 e. The number of aromatic hydroxyl groups is 1. The van der Waals surface area contributed by atoms with Crippen LogP contribution in [0.5, 0.6) is 5.75 Å². The molecule has 1 aliphatic carbocycles. The number of halogens is 2. The van der Waals surface area contributed by atoms with Crippen molar-refractivity contribution in [1.82, 2.24) is 5.32 Å². The first kappa shape index (κ1) is 13.9. The van der Waals surface area contributed by atoms with E-state index in [0.717, 1.165) is 29.3 Å². The molecule has 1 fully saturated rings. The number of hydrogen-bond donors (Lipinski definition) is 2. The highest BCUT2D eigenvalue weighted by atomic mass is 127. The lowest BCUT2D eigenvalue weighted by molar-refractivity contribution is 0.0909. The number of benzene rings is 1. The van der Waals surface area contributed by atoms with E-state index in [9.17, 15) is 9.90 Å². The minimum absolute atomic E-state index is 0.134. The minimum Gasteiger partial charge on any atom is -0.507 e. The van der Waals surface area contributed by atoms with Crippen molar-refractivity contribution in [2.45, 2.75) is 31.2 Å². The summed E-state index contributed by atoms with van der Waals surface area (Å²) in [5.41, 5.74) is 0.210. The van der Waals surface area contributed by atoms with E-state index >= 15 is 0 Å². The van der Waals surface area contributed by atoms with Crippen LogP contribution in [0.4, 0.5) is 0 Å². The quantitative estimate of drug-likeness (QED) is 0.625. The zero-order valence-electron chi connectivity index (χ0n) is 9.88. The molecule has 0 radical (unpaired) electrons. The number of rotatable bonds is 3. The molecule has 98 valence electrons. The van der Waals surface area contributed by atoms with Crippen LogP contribution in [0.1, 0.15) is 36.0 Å². The molecular weight excluding hydrogens is 365 g/mol. The highest BCUT2D eigenvalue weighted by Crippen LogP contribution is 2.31.